The Bertz CT molecular complexity index is 893. The molecule has 1 heterocycles. The van der Waals surface area contributed by atoms with Gasteiger partial charge in [-0.1, -0.05) is 60.7 Å². The molecule has 0 atom stereocenters. The smallest absolute Gasteiger partial charge is 0.263 e. The third-order valence-corrected chi connectivity index (χ3v) is 5.20. The predicted molar refractivity (Wildman–Crippen MR) is 119 cm³/mol. The molecular formula is C25H28N4O2. The van der Waals surface area contributed by atoms with Gasteiger partial charge in [0.2, 0.25) is 5.91 Å². The molecule has 0 aromatic heterocycles. The highest BCUT2D eigenvalue weighted by molar-refractivity contribution is 5.97. The zero-order valence-corrected chi connectivity index (χ0v) is 17.7. The molecule has 1 fully saturated rings. The van der Waals surface area contributed by atoms with Crippen LogP contribution < -0.4 is 5.32 Å². The Morgan fingerprint density at radius 2 is 1.68 bits per heavy atom. The van der Waals surface area contributed by atoms with Gasteiger partial charge in [-0.05, 0) is 24.0 Å². The highest BCUT2D eigenvalue weighted by atomic mass is 16.2. The second-order valence-corrected chi connectivity index (χ2v) is 7.62. The molecule has 31 heavy (non-hydrogen) atoms. The Labute approximate surface area is 183 Å². The van der Waals surface area contributed by atoms with Gasteiger partial charge in [0.05, 0.1) is 0 Å². The molecule has 160 valence electrons. The third-order valence-electron chi connectivity index (χ3n) is 5.20. The van der Waals surface area contributed by atoms with Crippen LogP contribution >= 0.6 is 0 Å². The van der Waals surface area contributed by atoms with Crippen molar-refractivity contribution in [1.29, 1.82) is 5.26 Å². The van der Waals surface area contributed by atoms with Crippen LogP contribution in [0.3, 0.4) is 0 Å². The minimum absolute atomic E-state index is 0.0733. The van der Waals surface area contributed by atoms with E-state index >= 15 is 0 Å². The van der Waals surface area contributed by atoms with E-state index < -0.39 is 0 Å². The predicted octanol–water partition coefficient (Wildman–Crippen LogP) is 3.22. The van der Waals surface area contributed by atoms with Crippen LogP contribution in [0.15, 0.2) is 72.4 Å². The number of carbonyl (C=O) groups is 2. The summed E-state index contributed by atoms with van der Waals surface area (Å²) in [5.74, 6) is -0.206. The number of benzene rings is 2. The van der Waals surface area contributed by atoms with E-state index in [0.29, 0.717) is 39.0 Å². The Balaban J connectivity index is 1.61. The van der Waals surface area contributed by atoms with Crippen LogP contribution in [-0.4, -0.2) is 41.2 Å². The quantitative estimate of drug-likeness (QED) is 0.367. The fourth-order valence-electron chi connectivity index (χ4n) is 3.61. The Morgan fingerprint density at radius 3 is 2.19 bits per heavy atom. The normalized spacial score (nSPS) is 13.7. The van der Waals surface area contributed by atoms with Crippen LogP contribution in [-0.2, 0) is 22.7 Å². The van der Waals surface area contributed by atoms with Gasteiger partial charge in [-0.25, -0.2) is 0 Å². The third kappa shape index (κ3) is 7.00. The number of rotatable bonds is 10. The van der Waals surface area contributed by atoms with Crippen molar-refractivity contribution in [1.82, 2.24) is 15.1 Å². The van der Waals surface area contributed by atoms with E-state index in [1.54, 1.807) is 6.20 Å². The summed E-state index contributed by atoms with van der Waals surface area (Å²) in [5.41, 5.74) is 2.27. The van der Waals surface area contributed by atoms with Gasteiger partial charge in [0.25, 0.3) is 5.91 Å². The summed E-state index contributed by atoms with van der Waals surface area (Å²) in [5, 5.41) is 12.4. The van der Waals surface area contributed by atoms with Crippen molar-refractivity contribution < 1.29 is 9.59 Å². The topological polar surface area (TPSA) is 76.4 Å². The molecular weight excluding hydrogens is 388 g/mol. The number of amides is 2. The Morgan fingerprint density at radius 1 is 1.06 bits per heavy atom. The molecule has 1 aliphatic rings. The maximum absolute atomic E-state index is 12.6. The molecule has 0 bridgehead atoms. The average molecular weight is 417 g/mol. The van der Waals surface area contributed by atoms with Crippen LogP contribution in [0.25, 0.3) is 0 Å². The molecule has 0 spiro atoms. The van der Waals surface area contributed by atoms with E-state index in [2.05, 4.69) is 5.32 Å². The van der Waals surface area contributed by atoms with Gasteiger partial charge in [0, 0.05) is 45.3 Å². The molecule has 0 aliphatic carbocycles. The highest BCUT2D eigenvalue weighted by Crippen LogP contribution is 2.13. The number of likely N-dealkylation sites (tertiary alicyclic amines) is 1. The molecule has 0 unspecified atom stereocenters. The molecule has 6 heteroatoms. The number of hydrogen-bond acceptors (Lipinski definition) is 4. The molecule has 1 aliphatic heterocycles. The molecule has 1 saturated heterocycles. The highest BCUT2D eigenvalue weighted by Gasteiger charge is 2.19. The summed E-state index contributed by atoms with van der Waals surface area (Å²) >= 11 is 0. The molecule has 3 rings (SSSR count). The second-order valence-electron chi connectivity index (χ2n) is 7.62. The first-order valence-corrected chi connectivity index (χ1v) is 10.7. The fourth-order valence-corrected chi connectivity index (χ4v) is 3.61. The zero-order valence-electron chi connectivity index (χ0n) is 17.7. The lowest BCUT2D eigenvalue weighted by Crippen LogP contribution is -2.31. The summed E-state index contributed by atoms with van der Waals surface area (Å²) < 4.78 is 0. The SMILES string of the molecule is N#C/C(=C/N(Cc1ccccc1)Cc1ccccc1)C(=O)NCCCN1CCCC1=O. The van der Waals surface area contributed by atoms with Gasteiger partial charge in [0.1, 0.15) is 11.6 Å². The van der Waals surface area contributed by atoms with Gasteiger partial charge < -0.3 is 15.1 Å². The van der Waals surface area contributed by atoms with Crippen LogP contribution in [0.5, 0.6) is 0 Å². The summed E-state index contributed by atoms with van der Waals surface area (Å²) in [6, 6.07) is 22.0. The summed E-state index contributed by atoms with van der Waals surface area (Å²) in [6.45, 7) is 3.04. The van der Waals surface area contributed by atoms with Gasteiger partial charge in [-0.2, -0.15) is 5.26 Å². The van der Waals surface area contributed by atoms with Crippen LogP contribution in [0.1, 0.15) is 30.4 Å². The van der Waals surface area contributed by atoms with E-state index in [1.165, 1.54) is 0 Å². The maximum Gasteiger partial charge on any atom is 0.263 e. The second kappa shape index (κ2) is 11.6. The lowest BCUT2D eigenvalue weighted by atomic mass is 10.1. The zero-order chi connectivity index (χ0) is 21.9. The van der Waals surface area contributed by atoms with Crippen molar-refractivity contribution in [3.05, 3.63) is 83.6 Å². The lowest BCUT2D eigenvalue weighted by Gasteiger charge is -2.21. The van der Waals surface area contributed by atoms with Gasteiger partial charge in [-0.3, -0.25) is 9.59 Å². The van der Waals surface area contributed by atoms with E-state index in [1.807, 2.05) is 76.5 Å². The summed E-state index contributed by atoms with van der Waals surface area (Å²) in [6.07, 6.45) is 3.84. The minimum atomic E-state index is -0.388. The van der Waals surface area contributed by atoms with Crippen LogP contribution in [0, 0.1) is 11.3 Å². The maximum atomic E-state index is 12.6. The van der Waals surface area contributed by atoms with Gasteiger partial charge in [0.15, 0.2) is 0 Å². The molecule has 2 aromatic carbocycles. The number of carbonyl (C=O) groups excluding carboxylic acids is 2. The average Bonchev–Trinajstić information content (AvgIpc) is 3.20. The first-order chi connectivity index (χ1) is 15.2. The standard InChI is InChI=1S/C25H28N4O2/c26-17-23(25(31)27-14-8-16-29-15-7-13-24(29)30)20-28(18-21-9-3-1-4-10-21)19-22-11-5-2-6-12-22/h1-6,9-12,20H,7-8,13-16,18-19H2,(H,27,31)/b23-20-. The molecule has 0 radical (unpaired) electrons. The van der Waals surface area contributed by atoms with Crippen molar-refractivity contribution in [3.63, 3.8) is 0 Å². The monoisotopic (exact) mass is 416 g/mol. The van der Waals surface area contributed by atoms with Crippen molar-refractivity contribution in [2.24, 2.45) is 0 Å². The fraction of sp³-hybridized carbons (Fsp3) is 0.320. The summed E-state index contributed by atoms with van der Waals surface area (Å²) in [4.78, 5) is 28.0. The minimum Gasteiger partial charge on any atom is -0.367 e. The van der Waals surface area contributed by atoms with E-state index in [-0.39, 0.29) is 17.4 Å². The molecule has 2 amide bonds. The lowest BCUT2D eigenvalue weighted by molar-refractivity contribution is -0.127. The summed E-state index contributed by atoms with van der Waals surface area (Å²) in [7, 11) is 0. The van der Waals surface area contributed by atoms with E-state index in [9.17, 15) is 14.9 Å². The molecule has 6 nitrogen and oxygen atoms in total. The molecule has 2 aromatic rings. The van der Waals surface area contributed by atoms with Gasteiger partial charge >= 0.3 is 0 Å². The largest absolute Gasteiger partial charge is 0.367 e. The first-order valence-electron chi connectivity index (χ1n) is 10.7. The van der Waals surface area contributed by atoms with E-state index in [4.69, 9.17) is 0 Å². The first kappa shape index (κ1) is 22.1. The number of nitrogens with zero attached hydrogens (tertiary/aromatic N) is 3. The van der Waals surface area contributed by atoms with E-state index in [0.717, 1.165) is 24.1 Å². The van der Waals surface area contributed by atoms with Crippen molar-refractivity contribution in [2.75, 3.05) is 19.6 Å². The number of nitriles is 1. The van der Waals surface area contributed by atoms with Crippen LogP contribution in [0.2, 0.25) is 0 Å². The Hall–Kier alpha value is -3.59. The van der Waals surface area contributed by atoms with Crippen molar-refractivity contribution >= 4 is 11.8 Å². The van der Waals surface area contributed by atoms with Crippen molar-refractivity contribution in [2.45, 2.75) is 32.4 Å². The number of hydrogen-bond donors (Lipinski definition) is 1. The molecule has 0 saturated carbocycles. The van der Waals surface area contributed by atoms with Gasteiger partial charge in [-0.15, -0.1) is 0 Å². The van der Waals surface area contributed by atoms with Crippen LogP contribution in [0.4, 0.5) is 0 Å². The number of nitrogens with one attached hydrogen (secondary N) is 1. The molecule has 1 N–H and O–H groups in total. The Kier molecular flexibility index (Phi) is 8.24. The van der Waals surface area contributed by atoms with Crippen molar-refractivity contribution in [3.8, 4) is 6.07 Å².